The van der Waals surface area contributed by atoms with Crippen molar-refractivity contribution in [2.45, 2.75) is 6.92 Å². The summed E-state index contributed by atoms with van der Waals surface area (Å²) in [5.74, 6) is 0.320. The van der Waals surface area contributed by atoms with Gasteiger partial charge in [0.05, 0.1) is 25.2 Å². The van der Waals surface area contributed by atoms with Gasteiger partial charge in [0.1, 0.15) is 11.3 Å². The van der Waals surface area contributed by atoms with Gasteiger partial charge in [-0.1, -0.05) is 12.1 Å². The van der Waals surface area contributed by atoms with E-state index in [1.54, 1.807) is 7.11 Å². The molecule has 3 rings (SSSR count). The first-order chi connectivity index (χ1) is 9.19. The Labute approximate surface area is 109 Å². The number of halogens is 1. The molecule has 0 radical (unpaired) electrons. The number of hydrogen-bond acceptors (Lipinski definition) is 3. The minimum Gasteiger partial charge on any atom is -0.494 e. The number of nitrogens with zero attached hydrogens (tertiary/aromatic N) is 3. The molecule has 0 aliphatic rings. The van der Waals surface area contributed by atoms with Crippen molar-refractivity contribution < 1.29 is 9.13 Å². The quantitative estimate of drug-likeness (QED) is 0.708. The normalized spacial score (nSPS) is 10.9. The summed E-state index contributed by atoms with van der Waals surface area (Å²) in [5.41, 5.74) is 2.35. The van der Waals surface area contributed by atoms with Crippen LogP contribution in [-0.4, -0.2) is 21.9 Å². The summed E-state index contributed by atoms with van der Waals surface area (Å²) in [6, 6.07) is 7.51. The maximum Gasteiger partial charge on any atom is 0.161 e. The number of para-hydroxylation sites is 1. The molecule has 0 aliphatic carbocycles. The van der Waals surface area contributed by atoms with E-state index in [0.717, 1.165) is 22.3 Å². The van der Waals surface area contributed by atoms with Crippen LogP contribution in [0.15, 0.2) is 36.7 Å². The summed E-state index contributed by atoms with van der Waals surface area (Å²) in [6.07, 6.45) is 2.52. The van der Waals surface area contributed by atoms with Crippen molar-refractivity contribution in [1.29, 1.82) is 0 Å². The Morgan fingerprint density at radius 3 is 2.84 bits per heavy atom. The Balaban J connectivity index is 2.36. The Kier molecular flexibility index (Phi) is 2.67. The molecule has 5 heteroatoms. The zero-order valence-corrected chi connectivity index (χ0v) is 10.6. The van der Waals surface area contributed by atoms with Gasteiger partial charge in [-0.05, 0) is 19.1 Å². The predicted octanol–water partition coefficient (Wildman–Crippen LogP) is 2.88. The van der Waals surface area contributed by atoms with Gasteiger partial charge in [-0.3, -0.25) is 0 Å². The highest BCUT2D eigenvalue weighted by molar-refractivity contribution is 5.91. The first kappa shape index (κ1) is 11.6. The lowest BCUT2D eigenvalue weighted by Crippen LogP contribution is -1.99. The van der Waals surface area contributed by atoms with Crippen molar-refractivity contribution in [3.05, 3.63) is 48.2 Å². The molecule has 2 aromatic heterocycles. The number of aryl methyl sites for hydroxylation is 1. The van der Waals surface area contributed by atoms with Crippen LogP contribution in [0.3, 0.4) is 0 Å². The molecular formula is C14H12FN3O. The van der Waals surface area contributed by atoms with E-state index in [2.05, 4.69) is 10.1 Å². The molecule has 0 spiro atoms. The van der Waals surface area contributed by atoms with Crippen LogP contribution in [0, 0.1) is 12.7 Å². The van der Waals surface area contributed by atoms with Gasteiger partial charge in [0, 0.05) is 11.1 Å². The number of methoxy groups -OCH3 is 1. The third-order valence-corrected chi connectivity index (χ3v) is 2.93. The average molecular weight is 257 g/mol. The van der Waals surface area contributed by atoms with E-state index in [1.165, 1.54) is 17.1 Å². The summed E-state index contributed by atoms with van der Waals surface area (Å²) in [5, 5.41) is 4.87. The lowest BCUT2D eigenvalue weighted by molar-refractivity contribution is 0.419. The third kappa shape index (κ3) is 1.93. The summed E-state index contributed by atoms with van der Waals surface area (Å²) in [6.45, 7) is 1.88. The fourth-order valence-corrected chi connectivity index (χ4v) is 2.12. The summed E-state index contributed by atoms with van der Waals surface area (Å²) in [7, 11) is 1.60. The average Bonchev–Trinajstić information content (AvgIpc) is 2.83. The summed E-state index contributed by atoms with van der Waals surface area (Å²) >= 11 is 0. The van der Waals surface area contributed by atoms with E-state index < -0.39 is 0 Å². The maximum atomic E-state index is 13.1. The van der Waals surface area contributed by atoms with Gasteiger partial charge in [-0.2, -0.15) is 5.10 Å². The standard InChI is InChI=1S/C14H12FN3O/c1-9-6-12(18-8-10(15)7-16-18)11-4-3-5-13(19-2)14(11)17-9/h3-8H,1-2H3. The second-order valence-electron chi connectivity index (χ2n) is 4.24. The third-order valence-electron chi connectivity index (χ3n) is 2.93. The lowest BCUT2D eigenvalue weighted by atomic mass is 10.1. The second kappa shape index (κ2) is 4.35. The van der Waals surface area contributed by atoms with Crippen molar-refractivity contribution >= 4 is 10.9 Å². The predicted molar refractivity (Wildman–Crippen MR) is 70.1 cm³/mol. The van der Waals surface area contributed by atoms with E-state index in [4.69, 9.17) is 4.74 Å². The molecule has 2 heterocycles. The maximum absolute atomic E-state index is 13.1. The fourth-order valence-electron chi connectivity index (χ4n) is 2.12. The van der Waals surface area contributed by atoms with E-state index in [0.29, 0.717) is 5.75 Å². The van der Waals surface area contributed by atoms with Crippen LogP contribution in [0.1, 0.15) is 5.69 Å². The number of benzene rings is 1. The first-order valence-corrected chi connectivity index (χ1v) is 5.84. The molecule has 0 amide bonds. The van der Waals surface area contributed by atoms with Crippen molar-refractivity contribution in [2.75, 3.05) is 7.11 Å². The van der Waals surface area contributed by atoms with Crippen molar-refractivity contribution in [2.24, 2.45) is 0 Å². The number of hydrogen-bond donors (Lipinski definition) is 0. The van der Waals surface area contributed by atoms with Crippen molar-refractivity contribution in [3.8, 4) is 11.4 Å². The monoisotopic (exact) mass is 257 g/mol. The largest absolute Gasteiger partial charge is 0.494 e. The first-order valence-electron chi connectivity index (χ1n) is 5.84. The molecule has 1 aromatic carbocycles. The Morgan fingerprint density at radius 2 is 2.16 bits per heavy atom. The van der Waals surface area contributed by atoms with E-state index in [-0.39, 0.29) is 5.82 Å². The molecule has 0 unspecified atom stereocenters. The molecule has 4 nitrogen and oxygen atoms in total. The fraction of sp³-hybridized carbons (Fsp3) is 0.143. The Hall–Kier alpha value is -2.43. The molecule has 0 bridgehead atoms. The number of fused-ring (bicyclic) bond motifs is 1. The van der Waals surface area contributed by atoms with E-state index in [1.807, 2.05) is 31.2 Å². The zero-order chi connectivity index (χ0) is 13.4. The number of ether oxygens (including phenoxy) is 1. The lowest BCUT2D eigenvalue weighted by Gasteiger charge is -2.10. The highest BCUT2D eigenvalue weighted by atomic mass is 19.1. The van der Waals surface area contributed by atoms with Crippen LogP contribution in [0.4, 0.5) is 4.39 Å². The zero-order valence-electron chi connectivity index (χ0n) is 10.6. The van der Waals surface area contributed by atoms with Crippen LogP contribution in [-0.2, 0) is 0 Å². The SMILES string of the molecule is COc1cccc2c(-n3cc(F)cn3)cc(C)nc12. The highest BCUT2D eigenvalue weighted by Gasteiger charge is 2.10. The van der Waals surface area contributed by atoms with Gasteiger partial charge < -0.3 is 4.74 Å². The molecule has 0 fully saturated rings. The highest BCUT2D eigenvalue weighted by Crippen LogP contribution is 2.28. The summed E-state index contributed by atoms with van der Waals surface area (Å²) in [4.78, 5) is 4.48. The number of rotatable bonds is 2. The molecule has 0 atom stereocenters. The van der Waals surface area contributed by atoms with Crippen molar-refractivity contribution in [1.82, 2.24) is 14.8 Å². The smallest absolute Gasteiger partial charge is 0.161 e. The van der Waals surface area contributed by atoms with Crippen LogP contribution in [0.2, 0.25) is 0 Å². The minimum atomic E-state index is -0.370. The number of aromatic nitrogens is 3. The molecule has 3 aromatic rings. The molecule has 96 valence electrons. The van der Waals surface area contributed by atoms with Crippen molar-refractivity contribution in [3.63, 3.8) is 0 Å². The van der Waals surface area contributed by atoms with E-state index >= 15 is 0 Å². The van der Waals surface area contributed by atoms with Crippen LogP contribution >= 0.6 is 0 Å². The van der Waals surface area contributed by atoms with Gasteiger partial charge in [0.25, 0.3) is 0 Å². The molecule has 19 heavy (non-hydrogen) atoms. The topological polar surface area (TPSA) is 39.9 Å². The van der Waals surface area contributed by atoms with Gasteiger partial charge in [0.2, 0.25) is 0 Å². The summed E-state index contributed by atoms with van der Waals surface area (Å²) < 4.78 is 20.0. The van der Waals surface area contributed by atoms with Crippen LogP contribution < -0.4 is 4.74 Å². The van der Waals surface area contributed by atoms with E-state index in [9.17, 15) is 4.39 Å². The molecular weight excluding hydrogens is 245 g/mol. The van der Waals surface area contributed by atoms with Gasteiger partial charge in [0.15, 0.2) is 5.82 Å². The van der Waals surface area contributed by atoms with Crippen LogP contribution in [0.5, 0.6) is 5.75 Å². The van der Waals surface area contributed by atoms with Crippen LogP contribution in [0.25, 0.3) is 16.6 Å². The molecule has 0 aliphatic heterocycles. The second-order valence-corrected chi connectivity index (χ2v) is 4.24. The van der Waals surface area contributed by atoms with Gasteiger partial charge in [-0.15, -0.1) is 0 Å². The minimum absolute atomic E-state index is 0.370. The van der Waals surface area contributed by atoms with Gasteiger partial charge >= 0.3 is 0 Å². The Morgan fingerprint density at radius 1 is 1.32 bits per heavy atom. The van der Waals surface area contributed by atoms with Gasteiger partial charge in [-0.25, -0.2) is 14.1 Å². The Bertz CT molecular complexity index is 752. The number of pyridine rings is 1. The molecule has 0 saturated carbocycles. The molecule has 0 saturated heterocycles. The molecule has 0 N–H and O–H groups in total.